The Kier molecular flexibility index (Phi) is 6.27. The predicted molar refractivity (Wildman–Crippen MR) is 88.1 cm³/mol. The molecule has 2 rings (SSSR count). The number of carbonyl (C=O) groups is 1. The zero-order chi connectivity index (χ0) is 18.4. The summed E-state index contributed by atoms with van der Waals surface area (Å²) >= 11 is 5.92. The molecule has 0 bridgehead atoms. The summed E-state index contributed by atoms with van der Waals surface area (Å²) in [7, 11) is 0. The van der Waals surface area contributed by atoms with E-state index < -0.39 is 24.8 Å². The number of para-hydroxylation sites is 1. The fourth-order valence-corrected chi connectivity index (χ4v) is 2.01. The molecule has 2 aromatic rings. The highest BCUT2D eigenvalue weighted by Crippen LogP contribution is 2.32. The van der Waals surface area contributed by atoms with Crippen molar-refractivity contribution >= 4 is 23.2 Å². The number of hydrogen-bond donors (Lipinski definition) is 1. The summed E-state index contributed by atoms with van der Waals surface area (Å²) in [4.78, 5) is 12.0. The van der Waals surface area contributed by atoms with Crippen LogP contribution in [0.4, 0.5) is 18.9 Å². The Bertz CT molecular complexity index is 723. The van der Waals surface area contributed by atoms with Crippen molar-refractivity contribution in [3.63, 3.8) is 0 Å². The van der Waals surface area contributed by atoms with Crippen LogP contribution in [0, 0.1) is 0 Å². The maximum atomic E-state index is 12.2. The molecule has 0 radical (unpaired) electrons. The van der Waals surface area contributed by atoms with Crippen LogP contribution in [0.25, 0.3) is 0 Å². The van der Waals surface area contributed by atoms with E-state index in [-0.39, 0.29) is 5.69 Å². The molecule has 0 aliphatic rings. The molecule has 0 saturated heterocycles. The van der Waals surface area contributed by atoms with Crippen molar-refractivity contribution in [1.29, 1.82) is 0 Å². The summed E-state index contributed by atoms with van der Waals surface area (Å²) in [5, 5.41) is 2.80. The fourth-order valence-electron chi connectivity index (χ4n) is 1.83. The van der Waals surface area contributed by atoms with Gasteiger partial charge in [0.1, 0.15) is 18.5 Å². The number of carbonyl (C=O) groups excluding carboxylic acids is 1. The zero-order valence-corrected chi connectivity index (χ0v) is 13.9. The standard InChI is InChI=1S/C17H15ClF3NO3/c1-11(24-10-17(19,20)21)16(23)22-14-9-12(18)7-8-15(14)25-13-5-3-2-4-6-13/h2-9,11H,10H2,1H3,(H,22,23). The van der Waals surface area contributed by atoms with E-state index in [9.17, 15) is 18.0 Å². The van der Waals surface area contributed by atoms with Crippen LogP contribution in [-0.4, -0.2) is 24.8 Å². The van der Waals surface area contributed by atoms with Gasteiger partial charge in [0.25, 0.3) is 5.91 Å². The summed E-state index contributed by atoms with van der Waals surface area (Å²) in [5.41, 5.74) is 0.226. The van der Waals surface area contributed by atoms with E-state index in [1.807, 2.05) is 6.07 Å². The maximum Gasteiger partial charge on any atom is 0.411 e. The Morgan fingerprint density at radius 2 is 1.88 bits per heavy atom. The molecule has 1 atom stereocenters. The number of halogens is 4. The molecule has 4 nitrogen and oxygen atoms in total. The topological polar surface area (TPSA) is 47.6 Å². The molecule has 0 fully saturated rings. The van der Waals surface area contributed by atoms with Crippen molar-refractivity contribution in [1.82, 2.24) is 0 Å². The van der Waals surface area contributed by atoms with Gasteiger partial charge in [-0.05, 0) is 37.3 Å². The third kappa shape index (κ3) is 6.28. The van der Waals surface area contributed by atoms with Gasteiger partial charge in [0.15, 0.2) is 5.75 Å². The molecule has 0 heterocycles. The molecule has 0 aromatic heterocycles. The van der Waals surface area contributed by atoms with Gasteiger partial charge in [0, 0.05) is 5.02 Å². The number of anilines is 1. The number of amides is 1. The zero-order valence-electron chi connectivity index (χ0n) is 13.1. The van der Waals surface area contributed by atoms with Gasteiger partial charge in [-0.15, -0.1) is 0 Å². The highest BCUT2D eigenvalue weighted by molar-refractivity contribution is 6.31. The molecule has 2 aromatic carbocycles. The maximum absolute atomic E-state index is 12.2. The van der Waals surface area contributed by atoms with Crippen LogP contribution in [0.15, 0.2) is 48.5 Å². The summed E-state index contributed by atoms with van der Waals surface area (Å²) in [6.07, 6.45) is -5.81. The van der Waals surface area contributed by atoms with Crippen LogP contribution in [0.3, 0.4) is 0 Å². The first-order valence-electron chi connectivity index (χ1n) is 7.26. The van der Waals surface area contributed by atoms with Crippen molar-refractivity contribution in [3.05, 3.63) is 53.6 Å². The number of alkyl halides is 3. The Balaban J connectivity index is 2.10. The van der Waals surface area contributed by atoms with Crippen molar-refractivity contribution in [2.24, 2.45) is 0 Å². The van der Waals surface area contributed by atoms with Gasteiger partial charge in [-0.3, -0.25) is 4.79 Å². The number of ether oxygens (including phenoxy) is 2. The van der Waals surface area contributed by atoms with Crippen LogP contribution < -0.4 is 10.1 Å². The normalized spacial score (nSPS) is 12.5. The minimum atomic E-state index is -4.51. The Hall–Kier alpha value is -2.25. The first-order valence-corrected chi connectivity index (χ1v) is 7.64. The van der Waals surface area contributed by atoms with Crippen LogP contribution >= 0.6 is 11.6 Å². The first-order chi connectivity index (χ1) is 11.7. The minimum Gasteiger partial charge on any atom is -0.455 e. The second-order valence-electron chi connectivity index (χ2n) is 5.11. The van der Waals surface area contributed by atoms with Gasteiger partial charge < -0.3 is 14.8 Å². The quantitative estimate of drug-likeness (QED) is 0.771. The lowest BCUT2D eigenvalue weighted by Gasteiger charge is -2.17. The third-order valence-electron chi connectivity index (χ3n) is 3.04. The summed E-state index contributed by atoms with van der Waals surface area (Å²) < 4.78 is 46.7. The van der Waals surface area contributed by atoms with Crippen LogP contribution in [0.5, 0.6) is 11.5 Å². The van der Waals surface area contributed by atoms with E-state index in [0.29, 0.717) is 16.5 Å². The second kappa shape index (κ2) is 8.22. The minimum absolute atomic E-state index is 0.226. The van der Waals surface area contributed by atoms with Crippen molar-refractivity contribution in [3.8, 4) is 11.5 Å². The largest absolute Gasteiger partial charge is 0.455 e. The number of nitrogens with one attached hydrogen (secondary N) is 1. The average Bonchev–Trinajstić information content (AvgIpc) is 2.55. The first kappa shape index (κ1) is 19.1. The van der Waals surface area contributed by atoms with Gasteiger partial charge in [-0.1, -0.05) is 29.8 Å². The second-order valence-corrected chi connectivity index (χ2v) is 5.55. The molecule has 134 valence electrons. The fraction of sp³-hybridized carbons (Fsp3) is 0.235. The molecule has 1 amide bonds. The Morgan fingerprint density at radius 1 is 1.20 bits per heavy atom. The van der Waals surface area contributed by atoms with Crippen molar-refractivity contribution in [2.45, 2.75) is 19.2 Å². The monoisotopic (exact) mass is 373 g/mol. The van der Waals surface area contributed by atoms with Crippen LogP contribution in [0.1, 0.15) is 6.92 Å². The summed E-state index contributed by atoms with van der Waals surface area (Å²) in [5.74, 6) is 0.0816. The van der Waals surface area contributed by atoms with Gasteiger partial charge in [0.05, 0.1) is 5.69 Å². The lowest BCUT2D eigenvalue weighted by Crippen LogP contribution is -2.31. The molecule has 0 saturated carbocycles. The number of hydrogen-bond acceptors (Lipinski definition) is 3. The smallest absolute Gasteiger partial charge is 0.411 e. The van der Waals surface area contributed by atoms with Gasteiger partial charge >= 0.3 is 6.18 Å². The lowest BCUT2D eigenvalue weighted by atomic mass is 10.2. The molecule has 1 unspecified atom stereocenters. The van der Waals surface area contributed by atoms with Gasteiger partial charge in [-0.2, -0.15) is 13.2 Å². The summed E-state index contributed by atoms with van der Waals surface area (Å²) in [6.45, 7) is -0.284. The molecule has 0 aliphatic carbocycles. The molecular weight excluding hydrogens is 359 g/mol. The molecule has 8 heteroatoms. The molecule has 1 N–H and O–H groups in total. The summed E-state index contributed by atoms with van der Waals surface area (Å²) in [6, 6.07) is 13.4. The van der Waals surface area contributed by atoms with Crippen LogP contribution in [0.2, 0.25) is 5.02 Å². The molecule has 0 aliphatic heterocycles. The van der Waals surface area contributed by atoms with E-state index >= 15 is 0 Å². The number of rotatable bonds is 6. The van der Waals surface area contributed by atoms with E-state index in [2.05, 4.69) is 10.1 Å². The van der Waals surface area contributed by atoms with Crippen molar-refractivity contribution in [2.75, 3.05) is 11.9 Å². The van der Waals surface area contributed by atoms with Gasteiger partial charge in [-0.25, -0.2) is 0 Å². The Labute approximate surface area is 147 Å². The van der Waals surface area contributed by atoms with Crippen molar-refractivity contribution < 1.29 is 27.4 Å². The Morgan fingerprint density at radius 3 is 2.52 bits per heavy atom. The predicted octanol–water partition coefficient (Wildman–Crippen LogP) is 5.04. The SMILES string of the molecule is CC(OCC(F)(F)F)C(=O)Nc1cc(Cl)ccc1Oc1ccccc1. The molecule has 0 spiro atoms. The van der Waals surface area contributed by atoms with E-state index in [1.54, 1.807) is 36.4 Å². The highest BCUT2D eigenvalue weighted by atomic mass is 35.5. The van der Waals surface area contributed by atoms with E-state index in [1.165, 1.54) is 13.0 Å². The third-order valence-corrected chi connectivity index (χ3v) is 3.27. The lowest BCUT2D eigenvalue weighted by molar-refractivity contribution is -0.184. The van der Waals surface area contributed by atoms with E-state index in [4.69, 9.17) is 16.3 Å². The highest BCUT2D eigenvalue weighted by Gasteiger charge is 2.30. The molecular formula is C17H15ClF3NO3. The van der Waals surface area contributed by atoms with E-state index in [0.717, 1.165) is 0 Å². The van der Waals surface area contributed by atoms with Crippen LogP contribution in [-0.2, 0) is 9.53 Å². The molecule has 25 heavy (non-hydrogen) atoms. The average molecular weight is 374 g/mol. The van der Waals surface area contributed by atoms with Gasteiger partial charge in [0.2, 0.25) is 0 Å². The number of benzene rings is 2.